The molecule has 1 saturated heterocycles. The minimum Gasteiger partial charge on any atom is -0.448 e. The van der Waals surface area contributed by atoms with Gasteiger partial charge in [0.1, 0.15) is 18.5 Å². The van der Waals surface area contributed by atoms with Gasteiger partial charge in [-0.05, 0) is 33.9 Å². The van der Waals surface area contributed by atoms with Crippen molar-refractivity contribution >= 4 is 12.1 Å². The lowest BCUT2D eigenvalue weighted by molar-refractivity contribution is -0.139. The van der Waals surface area contributed by atoms with Gasteiger partial charge in [-0.25, -0.2) is 14.0 Å². The Balaban J connectivity index is 1.32. The lowest BCUT2D eigenvalue weighted by Crippen LogP contribution is -2.40. The van der Waals surface area contributed by atoms with E-state index in [9.17, 15) is 14.0 Å². The van der Waals surface area contributed by atoms with Gasteiger partial charge < -0.3 is 9.47 Å². The Morgan fingerprint density at radius 3 is 2.26 bits per heavy atom. The molecule has 156 valence electrons. The van der Waals surface area contributed by atoms with E-state index in [0.29, 0.717) is 5.56 Å². The lowest BCUT2D eigenvalue weighted by atomic mass is 9.98. The molecule has 1 fully saturated rings. The Kier molecular flexibility index (Phi) is 4.90. The number of cyclic esters (lactones) is 1. The number of nitrogens with zero attached hydrogens (tertiary/aromatic N) is 1. The van der Waals surface area contributed by atoms with Crippen LogP contribution in [0.25, 0.3) is 11.1 Å². The number of hydrogen-bond acceptors (Lipinski definition) is 4. The first kappa shape index (κ1) is 19.3. The second-order valence-corrected chi connectivity index (χ2v) is 7.68. The molecule has 5 rings (SSSR count). The topological polar surface area (TPSA) is 55.8 Å². The Hall–Kier alpha value is -3.67. The minimum atomic E-state index is -0.910. The van der Waals surface area contributed by atoms with E-state index in [2.05, 4.69) is 12.1 Å². The van der Waals surface area contributed by atoms with Gasteiger partial charge in [0.25, 0.3) is 0 Å². The summed E-state index contributed by atoms with van der Waals surface area (Å²) in [6.45, 7) is -0.0569. The Labute approximate surface area is 179 Å². The Bertz CT molecular complexity index is 1120. The third-order valence-electron chi connectivity index (χ3n) is 5.94. The standard InChI is InChI=1S/C25H20FNO4/c26-22-12-6-1-7-16(22)13-23-24(28)31-15-27(23)25(29)30-14-21-19-10-4-2-8-17(19)18-9-3-5-11-20(18)21/h1-12,21,23H,13-15H2/t23-/m0/s1. The molecule has 1 aliphatic heterocycles. The monoisotopic (exact) mass is 417 g/mol. The van der Waals surface area contributed by atoms with Crippen molar-refractivity contribution in [2.24, 2.45) is 0 Å². The molecule has 6 heteroatoms. The van der Waals surface area contributed by atoms with Crippen LogP contribution in [-0.2, 0) is 20.7 Å². The van der Waals surface area contributed by atoms with E-state index in [4.69, 9.17) is 9.47 Å². The van der Waals surface area contributed by atoms with Crippen molar-refractivity contribution in [3.8, 4) is 11.1 Å². The van der Waals surface area contributed by atoms with E-state index in [1.54, 1.807) is 18.2 Å². The molecule has 1 amide bonds. The van der Waals surface area contributed by atoms with Crippen molar-refractivity contribution in [3.05, 3.63) is 95.3 Å². The summed E-state index contributed by atoms with van der Waals surface area (Å²) in [7, 11) is 0. The molecule has 0 radical (unpaired) electrons. The zero-order valence-electron chi connectivity index (χ0n) is 16.7. The van der Waals surface area contributed by atoms with Crippen LogP contribution in [0.15, 0.2) is 72.8 Å². The second kappa shape index (κ2) is 7.87. The summed E-state index contributed by atoms with van der Waals surface area (Å²) in [5.74, 6) is -1.06. The average Bonchev–Trinajstić information content (AvgIpc) is 3.32. The maximum absolute atomic E-state index is 14.0. The van der Waals surface area contributed by atoms with Crippen LogP contribution < -0.4 is 0 Å². The van der Waals surface area contributed by atoms with Crippen LogP contribution in [0.4, 0.5) is 9.18 Å². The molecule has 0 spiro atoms. The average molecular weight is 417 g/mol. The number of rotatable bonds is 4. The molecule has 1 aliphatic carbocycles. The molecule has 0 saturated carbocycles. The van der Waals surface area contributed by atoms with E-state index in [1.165, 1.54) is 11.0 Å². The summed E-state index contributed by atoms with van der Waals surface area (Å²) in [4.78, 5) is 26.3. The molecule has 1 heterocycles. The predicted molar refractivity (Wildman–Crippen MR) is 112 cm³/mol. The smallest absolute Gasteiger partial charge is 0.413 e. The quantitative estimate of drug-likeness (QED) is 0.587. The maximum atomic E-state index is 14.0. The highest BCUT2D eigenvalue weighted by Gasteiger charge is 2.40. The molecular formula is C25H20FNO4. The van der Waals surface area contributed by atoms with Gasteiger partial charge in [0.05, 0.1) is 0 Å². The summed E-state index contributed by atoms with van der Waals surface area (Å²) in [5.41, 5.74) is 4.83. The highest BCUT2D eigenvalue weighted by molar-refractivity contribution is 5.84. The fraction of sp³-hybridized carbons (Fsp3) is 0.200. The predicted octanol–water partition coefficient (Wildman–Crippen LogP) is 4.50. The molecule has 3 aromatic rings. The number of carbonyl (C=O) groups is 2. The van der Waals surface area contributed by atoms with Crippen LogP contribution in [0.3, 0.4) is 0 Å². The number of benzene rings is 3. The molecule has 0 N–H and O–H groups in total. The summed E-state index contributed by atoms with van der Waals surface area (Å²) in [6, 6.07) is 21.4. The van der Waals surface area contributed by atoms with Crippen molar-refractivity contribution in [3.63, 3.8) is 0 Å². The molecule has 2 aliphatic rings. The van der Waals surface area contributed by atoms with Crippen LogP contribution in [0, 0.1) is 5.82 Å². The summed E-state index contributed by atoms with van der Waals surface area (Å²) in [5, 5.41) is 0. The van der Waals surface area contributed by atoms with Gasteiger partial charge in [-0.1, -0.05) is 66.7 Å². The van der Waals surface area contributed by atoms with Crippen molar-refractivity contribution < 1.29 is 23.5 Å². The molecule has 0 unspecified atom stereocenters. The summed E-state index contributed by atoms with van der Waals surface area (Å²) >= 11 is 0. The highest BCUT2D eigenvalue weighted by Crippen LogP contribution is 2.44. The largest absolute Gasteiger partial charge is 0.448 e. The van der Waals surface area contributed by atoms with E-state index < -0.39 is 23.9 Å². The molecule has 0 bridgehead atoms. The molecule has 5 nitrogen and oxygen atoms in total. The van der Waals surface area contributed by atoms with Gasteiger partial charge >= 0.3 is 12.1 Å². The maximum Gasteiger partial charge on any atom is 0.413 e. The van der Waals surface area contributed by atoms with Gasteiger partial charge in [0.2, 0.25) is 0 Å². The van der Waals surface area contributed by atoms with Gasteiger partial charge in [-0.15, -0.1) is 0 Å². The Morgan fingerprint density at radius 2 is 1.58 bits per heavy atom. The van der Waals surface area contributed by atoms with Crippen LogP contribution in [-0.4, -0.2) is 36.3 Å². The van der Waals surface area contributed by atoms with Crippen molar-refractivity contribution in [2.75, 3.05) is 13.3 Å². The molecular weight excluding hydrogens is 397 g/mol. The number of amides is 1. The number of ether oxygens (including phenoxy) is 2. The van der Waals surface area contributed by atoms with Gasteiger partial charge in [-0.2, -0.15) is 0 Å². The van der Waals surface area contributed by atoms with Crippen molar-refractivity contribution in [1.29, 1.82) is 0 Å². The second-order valence-electron chi connectivity index (χ2n) is 7.68. The van der Waals surface area contributed by atoms with Crippen LogP contribution >= 0.6 is 0 Å². The third kappa shape index (κ3) is 3.44. The van der Waals surface area contributed by atoms with Crippen LogP contribution in [0.2, 0.25) is 0 Å². The third-order valence-corrected chi connectivity index (χ3v) is 5.94. The fourth-order valence-corrected chi connectivity index (χ4v) is 4.37. The van der Waals surface area contributed by atoms with Crippen LogP contribution in [0.1, 0.15) is 22.6 Å². The number of fused-ring (bicyclic) bond motifs is 3. The van der Waals surface area contributed by atoms with Gasteiger partial charge in [0, 0.05) is 12.3 Å². The zero-order chi connectivity index (χ0) is 21.4. The number of esters is 1. The summed E-state index contributed by atoms with van der Waals surface area (Å²) < 4.78 is 24.7. The van der Waals surface area contributed by atoms with Crippen LogP contribution in [0.5, 0.6) is 0 Å². The van der Waals surface area contributed by atoms with Crippen molar-refractivity contribution in [1.82, 2.24) is 4.90 Å². The highest BCUT2D eigenvalue weighted by atomic mass is 19.1. The fourth-order valence-electron chi connectivity index (χ4n) is 4.37. The first-order valence-electron chi connectivity index (χ1n) is 10.1. The molecule has 31 heavy (non-hydrogen) atoms. The number of halogens is 1. The minimum absolute atomic E-state index is 0.0374. The molecule has 1 atom stereocenters. The van der Waals surface area contributed by atoms with E-state index in [0.717, 1.165) is 22.3 Å². The number of hydrogen-bond donors (Lipinski definition) is 0. The summed E-state index contributed by atoms with van der Waals surface area (Å²) in [6.07, 6.45) is -0.607. The Morgan fingerprint density at radius 1 is 0.968 bits per heavy atom. The van der Waals surface area contributed by atoms with Crippen molar-refractivity contribution in [2.45, 2.75) is 18.4 Å². The van der Waals surface area contributed by atoms with E-state index >= 15 is 0 Å². The lowest BCUT2D eigenvalue weighted by Gasteiger charge is -2.21. The molecule has 3 aromatic carbocycles. The SMILES string of the molecule is O=C1OCN(C(=O)OCC2c3ccccc3-c3ccccc32)[C@H]1Cc1ccccc1F. The van der Waals surface area contributed by atoms with E-state index in [1.807, 2.05) is 36.4 Å². The number of carbonyl (C=O) groups excluding carboxylic acids is 2. The normalized spacial score (nSPS) is 17.3. The van der Waals surface area contributed by atoms with E-state index in [-0.39, 0.29) is 25.7 Å². The molecule has 0 aromatic heterocycles. The van der Waals surface area contributed by atoms with Gasteiger partial charge in [-0.3, -0.25) is 4.90 Å². The zero-order valence-corrected chi connectivity index (χ0v) is 16.7. The van der Waals surface area contributed by atoms with Gasteiger partial charge in [0.15, 0.2) is 6.73 Å². The first-order chi connectivity index (χ1) is 15.1. The first-order valence-corrected chi connectivity index (χ1v) is 10.1.